The highest BCUT2D eigenvalue weighted by molar-refractivity contribution is 5.81. The Hall–Kier alpha value is -0.570. The molecular weight excluding hydrogens is 224 g/mol. The third-order valence-electron chi connectivity index (χ3n) is 4.03. The predicted octanol–water partition coefficient (Wildman–Crippen LogP) is 2.52. The molecule has 1 N–H and O–H groups in total. The summed E-state index contributed by atoms with van der Waals surface area (Å²) in [6.07, 6.45) is 2.23. The van der Waals surface area contributed by atoms with Crippen molar-refractivity contribution in [1.29, 1.82) is 0 Å². The van der Waals surface area contributed by atoms with E-state index in [-0.39, 0.29) is 5.91 Å². The Kier molecular flexibility index (Phi) is 6.13. The van der Waals surface area contributed by atoms with Gasteiger partial charge in [0.15, 0.2) is 0 Å². The fourth-order valence-corrected chi connectivity index (χ4v) is 2.68. The predicted molar refractivity (Wildman–Crippen MR) is 76.4 cm³/mol. The zero-order chi connectivity index (χ0) is 13.7. The second kappa shape index (κ2) is 7.13. The van der Waals surface area contributed by atoms with Crippen LogP contribution in [-0.2, 0) is 4.79 Å². The standard InChI is InChI=1S/C15H30N2O/c1-6-17(7-2)13(8-11(3)4)10-16-15(18)14-9-12(14)5/h11-14H,6-10H2,1-5H3,(H,16,18). The van der Waals surface area contributed by atoms with Gasteiger partial charge in [-0.25, -0.2) is 0 Å². The van der Waals surface area contributed by atoms with Crippen molar-refractivity contribution in [1.82, 2.24) is 10.2 Å². The summed E-state index contributed by atoms with van der Waals surface area (Å²) in [6.45, 7) is 14.0. The topological polar surface area (TPSA) is 32.3 Å². The van der Waals surface area contributed by atoms with E-state index in [4.69, 9.17) is 0 Å². The van der Waals surface area contributed by atoms with Gasteiger partial charge in [0.25, 0.3) is 0 Å². The molecule has 3 heteroatoms. The van der Waals surface area contributed by atoms with Gasteiger partial charge in [-0.2, -0.15) is 0 Å². The number of nitrogens with zero attached hydrogens (tertiary/aromatic N) is 1. The first kappa shape index (κ1) is 15.5. The SMILES string of the molecule is CCN(CC)C(CNC(=O)C1CC1C)CC(C)C. The number of hydrogen-bond donors (Lipinski definition) is 1. The molecule has 0 aromatic carbocycles. The average Bonchev–Trinajstić information content (AvgIpc) is 3.03. The maximum Gasteiger partial charge on any atom is 0.223 e. The van der Waals surface area contributed by atoms with Gasteiger partial charge in [-0.3, -0.25) is 9.69 Å². The minimum Gasteiger partial charge on any atom is -0.354 e. The molecule has 18 heavy (non-hydrogen) atoms. The van der Waals surface area contributed by atoms with E-state index in [1.807, 2.05) is 0 Å². The minimum atomic E-state index is 0.267. The summed E-state index contributed by atoms with van der Waals surface area (Å²) in [5, 5.41) is 3.15. The summed E-state index contributed by atoms with van der Waals surface area (Å²) in [4.78, 5) is 14.3. The van der Waals surface area contributed by atoms with Crippen molar-refractivity contribution < 1.29 is 4.79 Å². The van der Waals surface area contributed by atoms with Crippen molar-refractivity contribution in [3.05, 3.63) is 0 Å². The quantitative estimate of drug-likeness (QED) is 0.722. The Bertz CT molecular complexity index is 261. The van der Waals surface area contributed by atoms with E-state index in [1.54, 1.807) is 0 Å². The molecule has 0 bridgehead atoms. The first-order chi connectivity index (χ1) is 8.49. The molecule has 0 aromatic rings. The molecule has 1 fully saturated rings. The van der Waals surface area contributed by atoms with Gasteiger partial charge < -0.3 is 5.32 Å². The van der Waals surface area contributed by atoms with Crippen LogP contribution in [0.3, 0.4) is 0 Å². The van der Waals surface area contributed by atoms with E-state index in [9.17, 15) is 4.79 Å². The van der Waals surface area contributed by atoms with Crippen LogP contribution in [-0.4, -0.2) is 36.5 Å². The Morgan fingerprint density at radius 2 is 1.89 bits per heavy atom. The Labute approximate surface area is 112 Å². The lowest BCUT2D eigenvalue weighted by Gasteiger charge is -2.31. The molecule has 3 atom stereocenters. The third kappa shape index (κ3) is 4.60. The molecule has 0 saturated heterocycles. The zero-order valence-corrected chi connectivity index (χ0v) is 12.7. The fourth-order valence-electron chi connectivity index (χ4n) is 2.68. The second-order valence-corrected chi connectivity index (χ2v) is 6.07. The zero-order valence-electron chi connectivity index (χ0n) is 12.7. The molecule has 0 radical (unpaired) electrons. The van der Waals surface area contributed by atoms with Crippen molar-refractivity contribution in [2.24, 2.45) is 17.8 Å². The Balaban J connectivity index is 2.42. The van der Waals surface area contributed by atoms with Crippen molar-refractivity contribution in [3.63, 3.8) is 0 Å². The molecule has 1 saturated carbocycles. The van der Waals surface area contributed by atoms with Crippen LogP contribution in [0, 0.1) is 17.8 Å². The first-order valence-corrected chi connectivity index (χ1v) is 7.51. The highest BCUT2D eigenvalue weighted by atomic mass is 16.2. The van der Waals surface area contributed by atoms with Gasteiger partial charge in [0.2, 0.25) is 5.91 Å². The number of likely N-dealkylation sites (N-methyl/N-ethyl adjacent to an activating group) is 1. The molecule has 0 aromatic heterocycles. The van der Waals surface area contributed by atoms with E-state index in [0.29, 0.717) is 23.8 Å². The third-order valence-corrected chi connectivity index (χ3v) is 4.03. The van der Waals surface area contributed by atoms with Gasteiger partial charge >= 0.3 is 0 Å². The van der Waals surface area contributed by atoms with Gasteiger partial charge in [0.1, 0.15) is 0 Å². The van der Waals surface area contributed by atoms with E-state index >= 15 is 0 Å². The van der Waals surface area contributed by atoms with Crippen molar-refractivity contribution in [3.8, 4) is 0 Å². The largest absolute Gasteiger partial charge is 0.354 e. The van der Waals surface area contributed by atoms with Crippen LogP contribution >= 0.6 is 0 Å². The van der Waals surface area contributed by atoms with Crippen LogP contribution in [0.5, 0.6) is 0 Å². The smallest absolute Gasteiger partial charge is 0.223 e. The fraction of sp³-hybridized carbons (Fsp3) is 0.933. The van der Waals surface area contributed by atoms with Gasteiger partial charge in [-0.1, -0.05) is 34.6 Å². The average molecular weight is 254 g/mol. The summed E-state index contributed by atoms with van der Waals surface area (Å²) in [5.41, 5.74) is 0. The highest BCUT2D eigenvalue weighted by Gasteiger charge is 2.39. The maximum absolute atomic E-state index is 11.9. The lowest BCUT2D eigenvalue weighted by Crippen LogP contribution is -2.45. The van der Waals surface area contributed by atoms with Gasteiger partial charge in [-0.15, -0.1) is 0 Å². The van der Waals surface area contributed by atoms with Crippen LogP contribution in [0.4, 0.5) is 0 Å². The van der Waals surface area contributed by atoms with Crippen molar-refractivity contribution in [2.45, 2.75) is 53.5 Å². The van der Waals surface area contributed by atoms with Crippen LogP contribution in [0.15, 0.2) is 0 Å². The summed E-state index contributed by atoms with van der Waals surface area (Å²) in [7, 11) is 0. The molecule has 3 unspecified atom stereocenters. The molecule has 1 amide bonds. The van der Waals surface area contributed by atoms with Gasteiger partial charge in [0.05, 0.1) is 0 Å². The van der Waals surface area contributed by atoms with Crippen LogP contribution in [0.1, 0.15) is 47.5 Å². The number of amides is 1. The first-order valence-electron chi connectivity index (χ1n) is 7.51. The summed E-state index contributed by atoms with van der Waals surface area (Å²) < 4.78 is 0. The lowest BCUT2D eigenvalue weighted by molar-refractivity contribution is -0.122. The minimum absolute atomic E-state index is 0.267. The summed E-state index contributed by atoms with van der Waals surface area (Å²) >= 11 is 0. The van der Waals surface area contributed by atoms with E-state index in [0.717, 1.165) is 32.5 Å². The Morgan fingerprint density at radius 3 is 2.28 bits per heavy atom. The lowest BCUT2D eigenvalue weighted by atomic mass is 10.0. The normalized spacial score (nSPS) is 24.4. The van der Waals surface area contributed by atoms with E-state index in [2.05, 4.69) is 44.8 Å². The van der Waals surface area contributed by atoms with Crippen LogP contribution < -0.4 is 5.32 Å². The number of hydrogen-bond acceptors (Lipinski definition) is 2. The van der Waals surface area contributed by atoms with Gasteiger partial charge in [0, 0.05) is 18.5 Å². The van der Waals surface area contributed by atoms with Crippen LogP contribution in [0.25, 0.3) is 0 Å². The molecule has 106 valence electrons. The number of rotatable bonds is 8. The molecule has 3 nitrogen and oxygen atoms in total. The summed E-state index contributed by atoms with van der Waals surface area (Å²) in [6, 6.07) is 0.484. The molecular formula is C15H30N2O. The molecule has 0 spiro atoms. The van der Waals surface area contributed by atoms with Crippen molar-refractivity contribution >= 4 is 5.91 Å². The van der Waals surface area contributed by atoms with E-state index < -0.39 is 0 Å². The molecule has 1 aliphatic carbocycles. The number of carbonyl (C=O) groups excluding carboxylic acids is 1. The van der Waals surface area contributed by atoms with Gasteiger partial charge in [-0.05, 0) is 37.8 Å². The molecule has 1 rings (SSSR count). The number of carbonyl (C=O) groups is 1. The number of nitrogens with one attached hydrogen (secondary N) is 1. The molecule has 0 aliphatic heterocycles. The summed E-state index contributed by atoms with van der Waals surface area (Å²) in [5.74, 6) is 1.83. The molecule has 1 aliphatic rings. The Morgan fingerprint density at radius 1 is 1.33 bits per heavy atom. The second-order valence-electron chi connectivity index (χ2n) is 6.07. The van der Waals surface area contributed by atoms with E-state index in [1.165, 1.54) is 0 Å². The highest BCUT2D eigenvalue weighted by Crippen LogP contribution is 2.37. The van der Waals surface area contributed by atoms with Crippen LogP contribution in [0.2, 0.25) is 0 Å². The van der Waals surface area contributed by atoms with Crippen molar-refractivity contribution in [2.75, 3.05) is 19.6 Å². The maximum atomic E-state index is 11.9. The monoisotopic (exact) mass is 254 g/mol. The molecule has 0 heterocycles.